The van der Waals surface area contributed by atoms with Gasteiger partial charge in [0.05, 0.1) is 11.1 Å². The second kappa shape index (κ2) is 7.31. The number of nitrogens with one attached hydrogen (secondary N) is 1. The van der Waals surface area contributed by atoms with E-state index in [1.165, 1.54) is 12.1 Å². The van der Waals surface area contributed by atoms with Crippen LogP contribution in [0.25, 0.3) is 0 Å². The molecule has 2 unspecified atom stereocenters. The van der Waals surface area contributed by atoms with E-state index in [0.717, 1.165) is 6.07 Å². The van der Waals surface area contributed by atoms with Gasteiger partial charge in [-0.2, -0.15) is 0 Å². The van der Waals surface area contributed by atoms with E-state index in [-0.39, 0.29) is 16.7 Å². The summed E-state index contributed by atoms with van der Waals surface area (Å²) in [4.78, 5) is 11.7. The van der Waals surface area contributed by atoms with E-state index in [2.05, 4.69) is 5.32 Å². The zero-order chi connectivity index (χ0) is 14.4. The van der Waals surface area contributed by atoms with Crippen LogP contribution in [0, 0.1) is 5.82 Å². The molecule has 1 aromatic carbocycles. The molecule has 6 heteroatoms. The van der Waals surface area contributed by atoms with E-state index in [0.29, 0.717) is 13.0 Å². The summed E-state index contributed by atoms with van der Waals surface area (Å²) in [5, 5.41) is 11.8. The van der Waals surface area contributed by atoms with Crippen molar-refractivity contribution in [3.63, 3.8) is 0 Å². The fourth-order valence-electron chi connectivity index (χ4n) is 1.36. The van der Waals surface area contributed by atoms with Crippen molar-refractivity contribution in [3.05, 3.63) is 29.0 Å². The average molecular weight is 290 g/mol. The molecule has 0 aromatic heterocycles. The van der Waals surface area contributed by atoms with Crippen molar-refractivity contribution in [2.24, 2.45) is 0 Å². The van der Waals surface area contributed by atoms with Crippen LogP contribution in [-0.2, 0) is 4.79 Å². The summed E-state index contributed by atoms with van der Waals surface area (Å²) in [7, 11) is 0. The minimum atomic E-state index is -0.753. The Morgan fingerprint density at radius 2 is 2.21 bits per heavy atom. The summed E-state index contributed by atoms with van der Waals surface area (Å²) < 4.78 is 18.2. The molecule has 2 N–H and O–H groups in total. The van der Waals surface area contributed by atoms with Gasteiger partial charge in [-0.3, -0.25) is 4.79 Å². The van der Waals surface area contributed by atoms with Crippen molar-refractivity contribution < 1.29 is 19.0 Å². The van der Waals surface area contributed by atoms with E-state index < -0.39 is 18.0 Å². The quantitative estimate of drug-likeness (QED) is 0.843. The van der Waals surface area contributed by atoms with Crippen LogP contribution in [0.3, 0.4) is 0 Å². The predicted octanol–water partition coefficient (Wildman–Crippen LogP) is 2.13. The van der Waals surface area contributed by atoms with Crippen molar-refractivity contribution in [1.82, 2.24) is 5.32 Å². The molecule has 0 bridgehead atoms. The number of aliphatic hydroxyl groups excluding tert-OH is 1. The number of rotatable bonds is 6. The van der Waals surface area contributed by atoms with E-state index in [9.17, 15) is 9.18 Å². The van der Waals surface area contributed by atoms with E-state index in [1.807, 2.05) is 0 Å². The summed E-state index contributed by atoms with van der Waals surface area (Å²) >= 11 is 5.79. The van der Waals surface area contributed by atoms with Crippen LogP contribution in [0.2, 0.25) is 5.02 Å². The molecule has 0 fully saturated rings. The largest absolute Gasteiger partial charge is 0.479 e. The van der Waals surface area contributed by atoms with Crippen molar-refractivity contribution in [1.29, 1.82) is 0 Å². The minimum absolute atomic E-state index is 0.114. The Hall–Kier alpha value is -1.33. The third-order valence-corrected chi connectivity index (χ3v) is 2.72. The second-order valence-electron chi connectivity index (χ2n) is 4.26. The maximum absolute atomic E-state index is 12.8. The molecule has 1 aromatic rings. The number of amides is 1. The summed E-state index contributed by atoms with van der Waals surface area (Å²) in [6.07, 6.45) is -0.754. The van der Waals surface area contributed by atoms with E-state index in [4.69, 9.17) is 21.4 Å². The van der Waals surface area contributed by atoms with Gasteiger partial charge in [0, 0.05) is 6.54 Å². The predicted molar refractivity (Wildman–Crippen MR) is 70.8 cm³/mol. The van der Waals surface area contributed by atoms with Gasteiger partial charge in [-0.25, -0.2) is 4.39 Å². The first-order valence-electron chi connectivity index (χ1n) is 5.97. The van der Waals surface area contributed by atoms with Gasteiger partial charge < -0.3 is 15.2 Å². The number of hydrogen-bond donors (Lipinski definition) is 2. The highest BCUT2D eigenvalue weighted by Gasteiger charge is 2.16. The molecule has 0 radical (unpaired) electrons. The van der Waals surface area contributed by atoms with Gasteiger partial charge in [0.25, 0.3) is 5.91 Å². The van der Waals surface area contributed by atoms with Crippen LogP contribution in [0.4, 0.5) is 4.39 Å². The van der Waals surface area contributed by atoms with Gasteiger partial charge in [-0.15, -0.1) is 0 Å². The van der Waals surface area contributed by atoms with Gasteiger partial charge in [0.2, 0.25) is 0 Å². The number of carbonyl (C=O) groups is 1. The van der Waals surface area contributed by atoms with E-state index >= 15 is 0 Å². The van der Waals surface area contributed by atoms with Crippen LogP contribution < -0.4 is 10.1 Å². The Morgan fingerprint density at radius 3 is 2.79 bits per heavy atom. The molecule has 0 heterocycles. The lowest BCUT2D eigenvalue weighted by Crippen LogP contribution is -2.37. The summed E-state index contributed by atoms with van der Waals surface area (Å²) in [6, 6.07) is 3.70. The van der Waals surface area contributed by atoms with Crippen LogP contribution in [-0.4, -0.2) is 29.8 Å². The zero-order valence-corrected chi connectivity index (χ0v) is 11.6. The molecule has 0 spiro atoms. The van der Waals surface area contributed by atoms with Crippen LogP contribution >= 0.6 is 11.6 Å². The van der Waals surface area contributed by atoms with Gasteiger partial charge in [-0.1, -0.05) is 11.6 Å². The summed E-state index contributed by atoms with van der Waals surface area (Å²) in [5.74, 6) is -0.534. The number of aliphatic hydroxyl groups is 1. The molecule has 0 saturated carbocycles. The Kier molecular flexibility index (Phi) is 6.05. The molecular weight excluding hydrogens is 273 g/mol. The molecule has 1 rings (SSSR count). The van der Waals surface area contributed by atoms with Crippen LogP contribution in [0.1, 0.15) is 20.3 Å². The Labute approximate surface area is 116 Å². The molecule has 2 atom stereocenters. The zero-order valence-electron chi connectivity index (χ0n) is 10.8. The Morgan fingerprint density at radius 1 is 1.53 bits per heavy atom. The third kappa shape index (κ3) is 5.44. The molecule has 106 valence electrons. The SMILES string of the molecule is CC(O)CCNC(=O)C(C)Oc1ccc(F)cc1Cl. The first-order valence-corrected chi connectivity index (χ1v) is 6.35. The van der Waals surface area contributed by atoms with Gasteiger partial charge >= 0.3 is 0 Å². The normalized spacial score (nSPS) is 13.7. The van der Waals surface area contributed by atoms with Crippen molar-refractivity contribution in [2.45, 2.75) is 32.5 Å². The maximum Gasteiger partial charge on any atom is 0.260 e. The maximum atomic E-state index is 12.8. The molecule has 19 heavy (non-hydrogen) atoms. The lowest BCUT2D eigenvalue weighted by molar-refractivity contribution is -0.127. The van der Waals surface area contributed by atoms with Gasteiger partial charge in [0.15, 0.2) is 6.10 Å². The standard InChI is InChI=1S/C13H17ClFNO3/c1-8(17)5-6-16-13(18)9(2)19-12-4-3-10(15)7-11(12)14/h3-4,7-9,17H,5-6H2,1-2H3,(H,16,18). The van der Waals surface area contributed by atoms with Gasteiger partial charge in [-0.05, 0) is 38.5 Å². The first kappa shape index (κ1) is 15.7. The van der Waals surface area contributed by atoms with E-state index in [1.54, 1.807) is 13.8 Å². The highest BCUT2D eigenvalue weighted by Crippen LogP contribution is 2.25. The van der Waals surface area contributed by atoms with Crippen LogP contribution in [0.5, 0.6) is 5.75 Å². The molecule has 0 saturated heterocycles. The number of benzene rings is 1. The second-order valence-corrected chi connectivity index (χ2v) is 4.67. The minimum Gasteiger partial charge on any atom is -0.479 e. The molecule has 0 aliphatic rings. The monoisotopic (exact) mass is 289 g/mol. The summed E-state index contributed by atoms with van der Waals surface area (Å²) in [6.45, 7) is 3.57. The molecular formula is C13H17ClFNO3. The lowest BCUT2D eigenvalue weighted by Gasteiger charge is -2.16. The molecule has 0 aliphatic carbocycles. The fourth-order valence-corrected chi connectivity index (χ4v) is 1.57. The fraction of sp³-hybridized carbons (Fsp3) is 0.462. The highest BCUT2D eigenvalue weighted by molar-refractivity contribution is 6.32. The number of hydrogen-bond acceptors (Lipinski definition) is 3. The highest BCUT2D eigenvalue weighted by atomic mass is 35.5. The number of halogens is 2. The molecule has 1 amide bonds. The molecule has 0 aliphatic heterocycles. The Balaban J connectivity index is 2.49. The smallest absolute Gasteiger partial charge is 0.260 e. The van der Waals surface area contributed by atoms with Crippen LogP contribution in [0.15, 0.2) is 18.2 Å². The average Bonchev–Trinajstić information content (AvgIpc) is 2.32. The van der Waals surface area contributed by atoms with Crippen molar-refractivity contribution in [2.75, 3.05) is 6.54 Å². The van der Waals surface area contributed by atoms with Gasteiger partial charge in [0.1, 0.15) is 11.6 Å². The number of carbonyl (C=O) groups excluding carboxylic acids is 1. The summed E-state index contributed by atoms with van der Waals surface area (Å²) in [5.41, 5.74) is 0. The topological polar surface area (TPSA) is 58.6 Å². The molecule has 4 nitrogen and oxygen atoms in total. The third-order valence-electron chi connectivity index (χ3n) is 2.43. The number of ether oxygens (including phenoxy) is 1. The van der Waals surface area contributed by atoms with Crippen molar-refractivity contribution >= 4 is 17.5 Å². The first-order chi connectivity index (χ1) is 8.90. The Bertz CT molecular complexity index is 440. The van der Waals surface area contributed by atoms with Crippen molar-refractivity contribution in [3.8, 4) is 5.75 Å². The lowest BCUT2D eigenvalue weighted by atomic mass is 10.2.